The minimum Gasteiger partial charge on any atom is -0.194 e. The molecule has 1 rings (SSSR count). The van der Waals surface area contributed by atoms with Crippen LogP contribution in [-0.4, -0.2) is 5.16 Å². The Balaban J connectivity index is 3.37. The molecule has 0 saturated carbocycles. The van der Waals surface area contributed by atoms with Crippen molar-refractivity contribution >= 4 is 23.1 Å². The molecule has 0 aliphatic rings. The molecule has 1 unspecified atom stereocenters. The van der Waals surface area contributed by atoms with Crippen molar-refractivity contribution in [3.05, 3.63) is 29.3 Å². The second-order valence-electron chi connectivity index (χ2n) is 4.45. The molecule has 0 fully saturated rings. The van der Waals surface area contributed by atoms with Crippen LogP contribution in [0, 0.1) is 0 Å². The van der Waals surface area contributed by atoms with Gasteiger partial charge in [-0.1, -0.05) is 45.9 Å². The highest BCUT2D eigenvalue weighted by molar-refractivity contribution is 7.78. The number of rotatable bonds is 4. The molecule has 0 aromatic heterocycles. The molecule has 1 atom stereocenters. The van der Waals surface area contributed by atoms with Gasteiger partial charge in [0.25, 0.3) is 0 Å². The zero-order valence-electron chi connectivity index (χ0n) is 10.4. The zero-order valence-corrected chi connectivity index (χ0v) is 11.3. The van der Waals surface area contributed by atoms with Crippen molar-refractivity contribution < 1.29 is 0 Å². The van der Waals surface area contributed by atoms with Gasteiger partial charge in [0.1, 0.15) is 0 Å². The molecule has 1 nitrogen and oxygen atoms in total. The molecule has 0 N–H and O–H groups in total. The quantitative estimate of drug-likeness (QED) is 0.523. The van der Waals surface area contributed by atoms with Gasteiger partial charge in [0.2, 0.25) is 0 Å². The third-order valence-electron chi connectivity index (χ3n) is 3.02. The summed E-state index contributed by atoms with van der Waals surface area (Å²) in [4.78, 5) is 4.26. The van der Waals surface area contributed by atoms with E-state index in [0.717, 1.165) is 12.1 Å². The number of isothiocyanates is 1. The van der Waals surface area contributed by atoms with Crippen molar-refractivity contribution in [3.8, 4) is 0 Å². The molecule has 1 aromatic carbocycles. The summed E-state index contributed by atoms with van der Waals surface area (Å²) >= 11 is 4.75. The summed E-state index contributed by atoms with van der Waals surface area (Å²) in [7, 11) is 0. The lowest BCUT2D eigenvalue weighted by Gasteiger charge is -2.16. The van der Waals surface area contributed by atoms with Gasteiger partial charge in [-0.15, -0.1) is 0 Å². The van der Waals surface area contributed by atoms with E-state index in [-0.39, 0.29) is 0 Å². The van der Waals surface area contributed by atoms with Crippen LogP contribution in [0.1, 0.15) is 57.1 Å². The van der Waals surface area contributed by atoms with Crippen LogP contribution in [0.4, 0.5) is 5.69 Å². The topological polar surface area (TPSA) is 12.4 Å². The molecular formula is C14H19NS. The number of hydrogen-bond acceptors (Lipinski definition) is 2. The van der Waals surface area contributed by atoms with E-state index in [9.17, 15) is 0 Å². The van der Waals surface area contributed by atoms with Crippen LogP contribution < -0.4 is 0 Å². The highest BCUT2D eigenvalue weighted by Gasteiger charge is 2.13. The molecule has 86 valence electrons. The van der Waals surface area contributed by atoms with Crippen LogP contribution in [0.25, 0.3) is 0 Å². The number of hydrogen-bond donors (Lipinski definition) is 0. The van der Waals surface area contributed by atoms with Crippen LogP contribution in [-0.2, 0) is 0 Å². The summed E-state index contributed by atoms with van der Waals surface area (Å²) in [6.07, 6.45) is 1.11. The fourth-order valence-corrected chi connectivity index (χ4v) is 1.93. The van der Waals surface area contributed by atoms with Gasteiger partial charge < -0.3 is 0 Å². The Morgan fingerprint density at radius 1 is 1.25 bits per heavy atom. The Hall–Kier alpha value is -0.980. The van der Waals surface area contributed by atoms with Gasteiger partial charge in [0.15, 0.2) is 0 Å². The Kier molecular flexibility index (Phi) is 4.85. The first-order valence-electron chi connectivity index (χ1n) is 5.82. The van der Waals surface area contributed by atoms with Crippen molar-refractivity contribution in [2.24, 2.45) is 4.99 Å². The summed E-state index contributed by atoms with van der Waals surface area (Å²) in [5.41, 5.74) is 3.57. The van der Waals surface area contributed by atoms with E-state index < -0.39 is 0 Å². The molecule has 0 aliphatic heterocycles. The zero-order chi connectivity index (χ0) is 12.1. The molecular weight excluding hydrogens is 214 g/mol. The lowest BCUT2D eigenvalue weighted by molar-refractivity contribution is 0.730. The maximum absolute atomic E-state index is 4.75. The highest BCUT2D eigenvalue weighted by atomic mass is 32.1. The fourth-order valence-electron chi connectivity index (χ4n) is 1.84. The molecule has 16 heavy (non-hydrogen) atoms. The summed E-state index contributed by atoms with van der Waals surface area (Å²) in [5, 5.41) is 2.51. The molecule has 2 heteroatoms. The van der Waals surface area contributed by atoms with Crippen LogP contribution in [0.3, 0.4) is 0 Å². The van der Waals surface area contributed by atoms with Crippen LogP contribution >= 0.6 is 12.2 Å². The monoisotopic (exact) mass is 233 g/mol. The summed E-state index contributed by atoms with van der Waals surface area (Å²) in [6.45, 7) is 8.77. The largest absolute Gasteiger partial charge is 0.194 e. The van der Waals surface area contributed by atoms with Crippen LogP contribution in [0.5, 0.6) is 0 Å². The fraction of sp³-hybridized carbons (Fsp3) is 0.500. The van der Waals surface area contributed by atoms with Crippen molar-refractivity contribution in [1.82, 2.24) is 0 Å². The normalized spacial score (nSPS) is 12.3. The van der Waals surface area contributed by atoms with E-state index in [1.165, 1.54) is 11.1 Å². The Bertz CT molecular complexity index is 403. The minimum absolute atomic E-state index is 0.464. The lowest BCUT2D eigenvalue weighted by atomic mass is 9.91. The third-order valence-corrected chi connectivity index (χ3v) is 3.11. The molecule has 0 amide bonds. The molecule has 0 aliphatic carbocycles. The standard InChI is InChI=1S/C14H19NS/c1-5-11(4)13-8-6-7-12(10(2)3)14(13)15-9-16/h6-8,10-11H,5H2,1-4H3. The molecule has 1 aromatic rings. The molecule has 0 saturated heterocycles. The van der Waals surface area contributed by atoms with Crippen molar-refractivity contribution in [1.29, 1.82) is 0 Å². The maximum atomic E-state index is 4.75. The van der Waals surface area contributed by atoms with E-state index in [4.69, 9.17) is 12.2 Å². The van der Waals surface area contributed by atoms with E-state index >= 15 is 0 Å². The van der Waals surface area contributed by atoms with Crippen molar-refractivity contribution in [2.45, 2.75) is 46.0 Å². The second kappa shape index (κ2) is 5.93. The second-order valence-corrected chi connectivity index (χ2v) is 4.63. The number of aliphatic imine (C=N–C) groups is 1. The smallest absolute Gasteiger partial charge is 0.0808 e. The van der Waals surface area contributed by atoms with Crippen molar-refractivity contribution in [2.75, 3.05) is 0 Å². The Morgan fingerprint density at radius 3 is 2.38 bits per heavy atom. The van der Waals surface area contributed by atoms with Gasteiger partial charge in [0.05, 0.1) is 10.8 Å². The van der Waals surface area contributed by atoms with Gasteiger partial charge in [-0.2, -0.15) is 4.99 Å². The van der Waals surface area contributed by atoms with E-state index in [1.807, 2.05) is 0 Å². The van der Waals surface area contributed by atoms with Crippen LogP contribution in [0.2, 0.25) is 0 Å². The minimum atomic E-state index is 0.464. The first kappa shape index (κ1) is 13.1. The highest BCUT2D eigenvalue weighted by Crippen LogP contribution is 2.35. The van der Waals surface area contributed by atoms with E-state index in [1.54, 1.807) is 0 Å². The van der Waals surface area contributed by atoms with E-state index in [0.29, 0.717) is 11.8 Å². The van der Waals surface area contributed by atoms with Gasteiger partial charge in [-0.25, -0.2) is 0 Å². The lowest BCUT2D eigenvalue weighted by Crippen LogP contribution is -1.96. The van der Waals surface area contributed by atoms with Crippen molar-refractivity contribution in [3.63, 3.8) is 0 Å². The predicted molar refractivity (Wildman–Crippen MR) is 73.9 cm³/mol. The van der Waals surface area contributed by atoms with Gasteiger partial charge in [0, 0.05) is 0 Å². The number of thiocarbonyl (C=S) groups is 1. The summed E-state index contributed by atoms with van der Waals surface area (Å²) in [6, 6.07) is 6.38. The summed E-state index contributed by atoms with van der Waals surface area (Å²) in [5.74, 6) is 0.979. The van der Waals surface area contributed by atoms with Gasteiger partial charge in [-0.3, -0.25) is 0 Å². The maximum Gasteiger partial charge on any atom is 0.0808 e. The SMILES string of the molecule is CCC(C)c1cccc(C(C)C)c1N=C=S. The first-order chi connectivity index (χ1) is 7.61. The first-order valence-corrected chi connectivity index (χ1v) is 6.23. The molecule has 0 spiro atoms. The third kappa shape index (κ3) is 2.78. The summed E-state index contributed by atoms with van der Waals surface area (Å²) < 4.78 is 0. The average Bonchev–Trinajstić information content (AvgIpc) is 2.28. The molecule has 0 heterocycles. The van der Waals surface area contributed by atoms with Crippen LogP contribution in [0.15, 0.2) is 23.2 Å². The van der Waals surface area contributed by atoms with Gasteiger partial charge in [-0.05, 0) is 41.6 Å². The Morgan fingerprint density at radius 2 is 1.88 bits per heavy atom. The van der Waals surface area contributed by atoms with Gasteiger partial charge >= 0.3 is 0 Å². The predicted octanol–water partition coefficient (Wildman–Crippen LogP) is 5.06. The number of benzene rings is 1. The average molecular weight is 233 g/mol. The van der Waals surface area contributed by atoms with E-state index in [2.05, 4.69) is 56.0 Å². The molecule has 0 bridgehead atoms. The Labute approximate surface area is 104 Å². The number of para-hydroxylation sites is 1. The number of nitrogens with zero attached hydrogens (tertiary/aromatic N) is 1. The molecule has 0 radical (unpaired) electrons.